The van der Waals surface area contributed by atoms with Crippen LogP contribution in [-0.4, -0.2) is 60.9 Å². The number of ether oxygens (including phenoxy) is 2. The Labute approximate surface area is 192 Å². The van der Waals surface area contributed by atoms with Gasteiger partial charge in [-0.3, -0.25) is 9.59 Å². The molecule has 0 aliphatic rings. The highest BCUT2D eigenvalue weighted by molar-refractivity contribution is 5.90. The number of carboxylic acid groups (broad SMARTS) is 1. The number of benzene rings is 2. The molecule has 0 unspecified atom stereocenters. The number of aromatic hydroxyl groups is 1. The van der Waals surface area contributed by atoms with Gasteiger partial charge in [-0.05, 0) is 42.6 Å². The third kappa shape index (κ3) is 8.46. The second kappa shape index (κ2) is 13.1. The third-order valence-electron chi connectivity index (χ3n) is 5.06. The fourth-order valence-electron chi connectivity index (χ4n) is 3.34. The molecule has 1 amide bonds. The van der Waals surface area contributed by atoms with E-state index >= 15 is 0 Å². The molecule has 0 aliphatic heterocycles. The van der Waals surface area contributed by atoms with Crippen molar-refractivity contribution in [2.75, 3.05) is 20.8 Å². The molecule has 2 aromatic carbocycles. The molecule has 178 valence electrons. The SMILES string of the molecule is COC(=O)[C@H](Cc1ccccc1)NC(=O)[C@H](CC(=O)O)NCCCc1ccc(O)c(OC)c1. The maximum absolute atomic E-state index is 12.8. The summed E-state index contributed by atoms with van der Waals surface area (Å²) in [4.78, 5) is 36.3. The number of nitrogens with one attached hydrogen (secondary N) is 2. The van der Waals surface area contributed by atoms with Gasteiger partial charge in [0.25, 0.3) is 0 Å². The monoisotopic (exact) mass is 458 g/mol. The van der Waals surface area contributed by atoms with E-state index in [1.54, 1.807) is 18.2 Å². The lowest BCUT2D eigenvalue weighted by Crippen LogP contribution is -2.52. The molecule has 4 N–H and O–H groups in total. The number of hydrogen-bond acceptors (Lipinski definition) is 7. The Morgan fingerprint density at radius 2 is 1.73 bits per heavy atom. The summed E-state index contributed by atoms with van der Waals surface area (Å²) in [5.74, 6) is -1.91. The van der Waals surface area contributed by atoms with Crippen LogP contribution in [0.5, 0.6) is 11.5 Å². The molecule has 9 heteroatoms. The van der Waals surface area contributed by atoms with Crippen LogP contribution in [0.3, 0.4) is 0 Å². The van der Waals surface area contributed by atoms with E-state index in [1.165, 1.54) is 14.2 Å². The molecule has 0 saturated carbocycles. The van der Waals surface area contributed by atoms with Gasteiger partial charge in [-0.25, -0.2) is 4.79 Å². The molecular formula is C24H30N2O7. The lowest BCUT2D eigenvalue weighted by atomic mass is 10.0. The van der Waals surface area contributed by atoms with Gasteiger partial charge >= 0.3 is 11.9 Å². The zero-order valence-corrected chi connectivity index (χ0v) is 18.7. The van der Waals surface area contributed by atoms with Crippen molar-refractivity contribution in [1.82, 2.24) is 10.6 Å². The van der Waals surface area contributed by atoms with Crippen LogP contribution in [0.15, 0.2) is 48.5 Å². The predicted molar refractivity (Wildman–Crippen MR) is 121 cm³/mol. The van der Waals surface area contributed by atoms with Crippen LogP contribution in [0.25, 0.3) is 0 Å². The van der Waals surface area contributed by atoms with Gasteiger partial charge in [-0.2, -0.15) is 0 Å². The molecule has 0 aromatic heterocycles. The Morgan fingerprint density at radius 3 is 2.36 bits per heavy atom. The number of esters is 1. The second-order valence-corrected chi connectivity index (χ2v) is 7.49. The van der Waals surface area contributed by atoms with Crippen molar-refractivity contribution in [3.05, 3.63) is 59.7 Å². The van der Waals surface area contributed by atoms with E-state index in [9.17, 15) is 24.6 Å². The van der Waals surface area contributed by atoms with Crippen LogP contribution in [-0.2, 0) is 32.0 Å². The van der Waals surface area contributed by atoms with Crippen LogP contribution >= 0.6 is 0 Å². The number of phenols is 1. The van der Waals surface area contributed by atoms with E-state index in [0.717, 1.165) is 11.1 Å². The number of phenolic OH excluding ortho intramolecular Hbond substituents is 1. The summed E-state index contributed by atoms with van der Waals surface area (Å²) in [5.41, 5.74) is 1.76. The van der Waals surface area contributed by atoms with E-state index < -0.39 is 36.4 Å². The normalized spacial score (nSPS) is 12.4. The highest BCUT2D eigenvalue weighted by atomic mass is 16.5. The Kier molecular flexibility index (Phi) is 10.2. The number of carboxylic acids is 1. The van der Waals surface area contributed by atoms with Gasteiger partial charge in [0.05, 0.1) is 26.7 Å². The summed E-state index contributed by atoms with van der Waals surface area (Å²) >= 11 is 0. The fourth-order valence-corrected chi connectivity index (χ4v) is 3.34. The first kappa shape index (κ1) is 25.7. The number of amides is 1. The average Bonchev–Trinajstić information content (AvgIpc) is 2.81. The van der Waals surface area contributed by atoms with Crippen molar-refractivity contribution < 1.29 is 34.1 Å². The van der Waals surface area contributed by atoms with Gasteiger partial charge < -0.3 is 30.3 Å². The molecule has 2 atom stereocenters. The molecular weight excluding hydrogens is 428 g/mol. The number of hydrogen-bond donors (Lipinski definition) is 4. The van der Waals surface area contributed by atoms with Crippen molar-refractivity contribution in [3.63, 3.8) is 0 Å². The first-order valence-corrected chi connectivity index (χ1v) is 10.6. The van der Waals surface area contributed by atoms with Crippen molar-refractivity contribution in [2.45, 2.75) is 37.8 Å². The topological polar surface area (TPSA) is 134 Å². The van der Waals surface area contributed by atoms with Gasteiger partial charge in [-0.15, -0.1) is 0 Å². The van der Waals surface area contributed by atoms with E-state index in [-0.39, 0.29) is 12.2 Å². The molecule has 0 bridgehead atoms. The molecule has 0 spiro atoms. The van der Waals surface area contributed by atoms with Crippen LogP contribution in [0.4, 0.5) is 0 Å². The molecule has 2 rings (SSSR count). The van der Waals surface area contributed by atoms with Gasteiger partial charge in [0.1, 0.15) is 6.04 Å². The summed E-state index contributed by atoms with van der Waals surface area (Å²) in [6.45, 7) is 0.371. The van der Waals surface area contributed by atoms with Gasteiger partial charge in [0.2, 0.25) is 5.91 Å². The zero-order valence-electron chi connectivity index (χ0n) is 18.7. The first-order chi connectivity index (χ1) is 15.8. The Bertz CT molecular complexity index is 934. The zero-order chi connectivity index (χ0) is 24.2. The molecule has 0 aliphatic carbocycles. The average molecular weight is 459 g/mol. The summed E-state index contributed by atoms with van der Waals surface area (Å²) in [6.07, 6.45) is 1.03. The van der Waals surface area contributed by atoms with Gasteiger partial charge in [0.15, 0.2) is 11.5 Å². The first-order valence-electron chi connectivity index (χ1n) is 10.6. The van der Waals surface area contributed by atoms with Crippen molar-refractivity contribution in [1.29, 1.82) is 0 Å². The van der Waals surface area contributed by atoms with Crippen LogP contribution < -0.4 is 15.4 Å². The summed E-state index contributed by atoms with van der Waals surface area (Å²) in [5, 5.41) is 24.5. The van der Waals surface area contributed by atoms with Gasteiger partial charge in [-0.1, -0.05) is 36.4 Å². The fraction of sp³-hybridized carbons (Fsp3) is 0.375. The lowest BCUT2D eigenvalue weighted by molar-refractivity contribution is -0.145. The largest absolute Gasteiger partial charge is 0.504 e. The standard InChI is InChI=1S/C24H30N2O7/c1-32-21-14-17(10-11-20(21)27)9-6-12-25-18(15-22(28)29)23(30)26-19(24(31)33-2)13-16-7-4-3-5-8-16/h3-5,7-8,10-11,14,18-19,25,27H,6,9,12-13,15H2,1-2H3,(H,26,30)(H,28,29)/t18-,19-/m0/s1. The summed E-state index contributed by atoms with van der Waals surface area (Å²) in [7, 11) is 2.70. The maximum atomic E-state index is 12.8. The van der Waals surface area contributed by atoms with Crippen LogP contribution in [0, 0.1) is 0 Å². The quantitative estimate of drug-likeness (QED) is 0.263. The summed E-state index contributed by atoms with van der Waals surface area (Å²) in [6, 6.07) is 12.2. The highest BCUT2D eigenvalue weighted by Crippen LogP contribution is 2.26. The smallest absolute Gasteiger partial charge is 0.328 e. The van der Waals surface area contributed by atoms with Crippen LogP contribution in [0.1, 0.15) is 24.0 Å². The van der Waals surface area contributed by atoms with E-state index in [0.29, 0.717) is 25.1 Å². The number of carbonyl (C=O) groups excluding carboxylic acids is 2. The minimum Gasteiger partial charge on any atom is -0.504 e. The number of rotatable bonds is 13. The second-order valence-electron chi connectivity index (χ2n) is 7.49. The third-order valence-corrected chi connectivity index (χ3v) is 5.06. The molecule has 0 fully saturated rings. The minimum absolute atomic E-state index is 0.0493. The lowest BCUT2D eigenvalue weighted by Gasteiger charge is -2.21. The van der Waals surface area contributed by atoms with E-state index in [2.05, 4.69) is 10.6 Å². The molecule has 0 saturated heterocycles. The van der Waals surface area contributed by atoms with Crippen molar-refractivity contribution in [3.8, 4) is 11.5 Å². The molecule has 9 nitrogen and oxygen atoms in total. The van der Waals surface area contributed by atoms with E-state index in [4.69, 9.17) is 9.47 Å². The maximum Gasteiger partial charge on any atom is 0.328 e. The number of carbonyl (C=O) groups is 3. The summed E-state index contributed by atoms with van der Waals surface area (Å²) < 4.78 is 9.89. The Morgan fingerprint density at radius 1 is 1.00 bits per heavy atom. The van der Waals surface area contributed by atoms with E-state index in [1.807, 2.05) is 30.3 Å². The molecule has 2 aromatic rings. The number of aryl methyl sites for hydroxylation is 1. The van der Waals surface area contributed by atoms with Crippen molar-refractivity contribution >= 4 is 17.8 Å². The minimum atomic E-state index is -1.14. The molecule has 33 heavy (non-hydrogen) atoms. The Hall–Kier alpha value is -3.59. The number of aliphatic carboxylic acids is 1. The highest BCUT2D eigenvalue weighted by Gasteiger charge is 2.27. The Balaban J connectivity index is 1.96. The van der Waals surface area contributed by atoms with Gasteiger partial charge in [0, 0.05) is 6.42 Å². The predicted octanol–water partition coefficient (Wildman–Crippen LogP) is 1.67. The van der Waals surface area contributed by atoms with Crippen molar-refractivity contribution in [2.24, 2.45) is 0 Å². The number of methoxy groups -OCH3 is 2. The van der Waals surface area contributed by atoms with Crippen LogP contribution in [0.2, 0.25) is 0 Å². The molecule has 0 radical (unpaired) electrons. The molecule has 0 heterocycles.